The molecule has 0 spiro atoms. The van der Waals surface area contributed by atoms with Gasteiger partial charge in [0.25, 0.3) is 0 Å². The van der Waals surface area contributed by atoms with E-state index in [1.54, 1.807) is 0 Å². The van der Waals surface area contributed by atoms with Crippen LogP contribution in [0.1, 0.15) is 5.56 Å². The molecule has 0 N–H and O–H groups in total. The van der Waals surface area contributed by atoms with Crippen molar-refractivity contribution < 1.29 is 0 Å². The highest BCUT2D eigenvalue weighted by Gasteiger charge is 2.21. The minimum Gasteiger partial charge on any atom is -0.309 e. The van der Waals surface area contributed by atoms with Crippen molar-refractivity contribution in [3.8, 4) is 67.5 Å². The van der Waals surface area contributed by atoms with Crippen LogP contribution in [0.3, 0.4) is 0 Å². The summed E-state index contributed by atoms with van der Waals surface area (Å²) in [5.41, 5.74) is 17.8. The Morgan fingerprint density at radius 3 is 1.59 bits per heavy atom. The van der Waals surface area contributed by atoms with Gasteiger partial charge in [-0.3, -0.25) is 4.57 Å². The number of hydrogen-bond donors (Lipinski definition) is 0. The molecule has 0 aliphatic rings. The quantitative estimate of drug-likeness (QED) is 0.160. The predicted octanol–water partition coefficient (Wildman–Crippen LogP) is 16.5. The van der Waals surface area contributed by atoms with Crippen molar-refractivity contribution in [2.45, 2.75) is 6.92 Å². The largest absolute Gasteiger partial charge is 0.309 e. The van der Waals surface area contributed by atoms with Crippen LogP contribution in [0.25, 0.3) is 121 Å². The third-order valence-electron chi connectivity index (χ3n) is 13.1. The number of hydrogen-bond acceptors (Lipinski definition) is 3. The van der Waals surface area contributed by atoms with E-state index < -0.39 is 0 Å². The van der Waals surface area contributed by atoms with Crippen LogP contribution in [0.4, 0.5) is 0 Å². The number of pyridine rings is 1. The molecule has 0 aliphatic heterocycles. The van der Waals surface area contributed by atoms with Crippen molar-refractivity contribution >= 4 is 64.3 Å². The summed E-state index contributed by atoms with van der Waals surface area (Å²) in [6.07, 6.45) is 0. The van der Waals surface area contributed by atoms with Gasteiger partial charge in [0.1, 0.15) is 5.82 Å². The molecule has 4 heterocycles. The highest BCUT2D eigenvalue weighted by molar-refractivity contribution is 7.26. The molecule has 5 heteroatoms. The molecule has 13 rings (SSSR count). The summed E-state index contributed by atoms with van der Waals surface area (Å²) in [6, 6.07) is 80.6. The van der Waals surface area contributed by atoms with Crippen LogP contribution in [-0.2, 0) is 0 Å². The van der Waals surface area contributed by atoms with E-state index in [-0.39, 0.29) is 0 Å². The van der Waals surface area contributed by atoms with Gasteiger partial charge in [-0.1, -0.05) is 152 Å². The fourth-order valence-corrected chi connectivity index (χ4v) is 11.2. The Morgan fingerprint density at radius 2 is 0.894 bits per heavy atom. The van der Waals surface area contributed by atoms with Crippen LogP contribution >= 0.6 is 11.3 Å². The van der Waals surface area contributed by atoms with Crippen LogP contribution in [0.5, 0.6) is 0 Å². The molecule has 310 valence electrons. The smallest absolute Gasteiger partial charge is 0.145 e. The van der Waals surface area contributed by atoms with E-state index in [1.165, 1.54) is 53.3 Å². The fraction of sp³-hybridized carbons (Fsp3) is 0.0164. The third kappa shape index (κ3) is 6.20. The highest BCUT2D eigenvalue weighted by Crippen LogP contribution is 2.45. The summed E-state index contributed by atoms with van der Waals surface area (Å²) >= 11 is 1.85. The number of benzene rings is 9. The molecule has 0 atom stereocenters. The maximum absolute atomic E-state index is 5.49. The maximum atomic E-state index is 5.49. The fourth-order valence-electron chi connectivity index (χ4n) is 10.00. The van der Waals surface area contributed by atoms with Crippen molar-refractivity contribution in [3.05, 3.63) is 230 Å². The molecule has 0 fully saturated rings. The minimum absolute atomic E-state index is 0.914. The summed E-state index contributed by atoms with van der Waals surface area (Å²) in [4.78, 5) is 10.7. The molecule has 4 aromatic heterocycles. The van der Waals surface area contributed by atoms with E-state index in [4.69, 9.17) is 9.97 Å². The van der Waals surface area contributed by atoms with Gasteiger partial charge >= 0.3 is 0 Å². The number of imidazole rings is 1. The molecule has 66 heavy (non-hydrogen) atoms. The lowest BCUT2D eigenvalue weighted by Gasteiger charge is -2.15. The number of nitrogens with zero attached hydrogens (tertiary/aromatic N) is 4. The Kier molecular flexibility index (Phi) is 8.90. The van der Waals surface area contributed by atoms with Gasteiger partial charge in [-0.25, -0.2) is 9.97 Å². The molecule has 0 bridgehead atoms. The average Bonchev–Trinajstić information content (AvgIpc) is 4.07. The van der Waals surface area contributed by atoms with E-state index in [0.717, 1.165) is 72.8 Å². The Balaban J connectivity index is 0.988. The molecule has 0 amide bonds. The van der Waals surface area contributed by atoms with Gasteiger partial charge in [-0.05, 0) is 113 Å². The molecule has 9 aromatic carbocycles. The summed E-state index contributed by atoms with van der Waals surface area (Å²) < 4.78 is 7.19. The number of para-hydroxylation sites is 6. The lowest BCUT2D eigenvalue weighted by molar-refractivity contribution is 1.10. The van der Waals surface area contributed by atoms with Gasteiger partial charge in [-0.2, -0.15) is 0 Å². The second-order valence-corrected chi connectivity index (χ2v) is 18.0. The first-order valence-electron chi connectivity index (χ1n) is 22.4. The van der Waals surface area contributed by atoms with E-state index >= 15 is 0 Å². The maximum Gasteiger partial charge on any atom is 0.145 e. The monoisotopic (exact) mass is 860 g/mol. The Hall–Kier alpha value is -8.38. The molecule has 0 unspecified atom stereocenters. The molecule has 4 nitrogen and oxygen atoms in total. The second-order valence-electron chi connectivity index (χ2n) is 17.0. The van der Waals surface area contributed by atoms with Crippen LogP contribution in [0.2, 0.25) is 0 Å². The molecule has 13 aromatic rings. The van der Waals surface area contributed by atoms with Crippen molar-refractivity contribution in [2.24, 2.45) is 0 Å². The number of aryl methyl sites for hydroxylation is 1. The second kappa shape index (κ2) is 15.4. The third-order valence-corrected chi connectivity index (χ3v) is 14.3. The molecule has 0 aliphatic carbocycles. The summed E-state index contributed by atoms with van der Waals surface area (Å²) in [6.45, 7) is 2.24. The molecule has 0 radical (unpaired) electrons. The Labute approximate surface area is 386 Å². The Morgan fingerprint density at radius 1 is 0.379 bits per heavy atom. The van der Waals surface area contributed by atoms with Crippen LogP contribution < -0.4 is 0 Å². The van der Waals surface area contributed by atoms with Crippen LogP contribution in [0.15, 0.2) is 224 Å². The van der Waals surface area contributed by atoms with Gasteiger partial charge < -0.3 is 4.57 Å². The van der Waals surface area contributed by atoms with E-state index in [2.05, 4.69) is 241 Å². The first-order chi connectivity index (χ1) is 32.6. The van der Waals surface area contributed by atoms with Crippen molar-refractivity contribution in [2.75, 3.05) is 0 Å². The molecular weight excluding hydrogens is 821 g/mol. The van der Waals surface area contributed by atoms with Crippen LogP contribution in [0, 0.1) is 6.92 Å². The van der Waals surface area contributed by atoms with Crippen molar-refractivity contribution in [1.82, 2.24) is 19.1 Å². The van der Waals surface area contributed by atoms with Gasteiger partial charge in [0.2, 0.25) is 0 Å². The van der Waals surface area contributed by atoms with Crippen molar-refractivity contribution in [3.63, 3.8) is 0 Å². The van der Waals surface area contributed by atoms with Gasteiger partial charge in [0.05, 0.1) is 33.5 Å². The Bertz CT molecular complexity index is 3970. The van der Waals surface area contributed by atoms with Gasteiger partial charge in [0.15, 0.2) is 0 Å². The summed E-state index contributed by atoms with van der Waals surface area (Å²) in [7, 11) is 0. The summed E-state index contributed by atoms with van der Waals surface area (Å²) in [5, 5.41) is 4.88. The topological polar surface area (TPSA) is 35.6 Å². The van der Waals surface area contributed by atoms with E-state index in [9.17, 15) is 0 Å². The van der Waals surface area contributed by atoms with Gasteiger partial charge in [-0.15, -0.1) is 11.3 Å². The number of fused-ring (bicyclic) bond motifs is 7. The first kappa shape index (κ1) is 38.1. The highest BCUT2D eigenvalue weighted by atomic mass is 32.1. The number of aromatic nitrogens is 4. The minimum atomic E-state index is 0.914. The summed E-state index contributed by atoms with van der Waals surface area (Å²) in [5.74, 6) is 0.914. The number of rotatable bonds is 7. The van der Waals surface area contributed by atoms with Crippen LogP contribution in [-0.4, -0.2) is 19.1 Å². The molecule has 0 saturated carbocycles. The molecule has 0 saturated heterocycles. The zero-order valence-corrected chi connectivity index (χ0v) is 36.9. The van der Waals surface area contributed by atoms with E-state index in [0.29, 0.717) is 0 Å². The lowest BCUT2D eigenvalue weighted by Crippen LogP contribution is -1.97. The van der Waals surface area contributed by atoms with Gasteiger partial charge in [0, 0.05) is 53.4 Å². The van der Waals surface area contributed by atoms with E-state index in [1.807, 2.05) is 11.3 Å². The molecular formula is C61H40N4S. The first-order valence-corrected chi connectivity index (χ1v) is 23.2. The standard InChI is InChI=1S/C61H40N4S/c1-39-49-20-9-13-25-54(49)64(47-16-4-2-5-17-47)59(39)42-32-28-40(29-33-42)44-36-45(38-46(37-44)58-57-51-22-10-15-27-56(51)66-60(57)50-21-8-11-23-52(50)62-58)41-30-34-43(35-31-41)61-63-53-24-12-14-26-55(53)65(61)48-18-6-3-7-19-48/h2-38H,1H3. The zero-order valence-electron chi connectivity index (χ0n) is 36.1. The zero-order chi connectivity index (χ0) is 43.7. The SMILES string of the molecule is Cc1c(-c2ccc(-c3cc(-c4ccc(-c5nc6ccccc6n5-c5ccccc5)cc4)cc(-c4nc5ccccc5c5sc6ccccc6c45)c3)cc2)n(-c2ccccc2)c2ccccc12. The predicted molar refractivity (Wildman–Crippen MR) is 278 cm³/mol. The normalized spacial score (nSPS) is 11.7. The van der Waals surface area contributed by atoms with Crippen molar-refractivity contribution in [1.29, 1.82) is 0 Å². The number of thiophene rings is 1. The lowest BCUT2D eigenvalue weighted by atomic mass is 9.92. The average molecular weight is 861 g/mol.